The normalized spacial score (nSPS) is 10.6. The van der Waals surface area contributed by atoms with Crippen LogP contribution in [0.2, 0.25) is 0 Å². The van der Waals surface area contributed by atoms with E-state index in [1.165, 1.54) is 5.56 Å². The van der Waals surface area contributed by atoms with Gasteiger partial charge in [0.25, 0.3) is 0 Å². The topological polar surface area (TPSA) is 53.1 Å². The van der Waals surface area contributed by atoms with Gasteiger partial charge in [0.1, 0.15) is 18.2 Å². The molecule has 0 aliphatic heterocycles. The van der Waals surface area contributed by atoms with Gasteiger partial charge in [-0.25, -0.2) is 4.98 Å². The molecule has 0 radical (unpaired) electrons. The van der Waals surface area contributed by atoms with Crippen molar-refractivity contribution in [1.29, 1.82) is 0 Å². The number of rotatable bonds is 6. The van der Waals surface area contributed by atoms with Crippen LogP contribution in [0.3, 0.4) is 0 Å². The maximum atomic E-state index is 5.73. The molecule has 0 spiro atoms. The van der Waals surface area contributed by atoms with Gasteiger partial charge < -0.3 is 15.0 Å². The van der Waals surface area contributed by atoms with Crippen molar-refractivity contribution in [3.63, 3.8) is 0 Å². The van der Waals surface area contributed by atoms with Gasteiger partial charge in [-0.2, -0.15) is 0 Å². The highest BCUT2D eigenvalue weighted by molar-refractivity contribution is 5.28. The molecule has 0 aliphatic carbocycles. The van der Waals surface area contributed by atoms with Gasteiger partial charge in [0, 0.05) is 12.4 Å². The fourth-order valence-electron chi connectivity index (χ4n) is 1.86. The second-order valence-electron chi connectivity index (χ2n) is 4.20. The number of aromatic nitrogens is 2. The van der Waals surface area contributed by atoms with Crippen molar-refractivity contribution < 1.29 is 4.74 Å². The molecule has 1 aromatic heterocycles. The maximum absolute atomic E-state index is 5.73. The van der Waals surface area contributed by atoms with Gasteiger partial charge in [-0.1, -0.05) is 12.1 Å². The van der Waals surface area contributed by atoms with Crippen LogP contribution in [0.5, 0.6) is 5.75 Å². The minimum absolute atomic E-state index is 0.642. The molecule has 4 nitrogen and oxygen atoms in total. The van der Waals surface area contributed by atoms with Crippen LogP contribution in [0.4, 0.5) is 0 Å². The molecule has 0 bridgehead atoms. The zero-order chi connectivity index (χ0) is 12.8. The summed E-state index contributed by atoms with van der Waals surface area (Å²) in [4.78, 5) is 4.17. The second kappa shape index (κ2) is 6.21. The van der Waals surface area contributed by atoms with Gasteiger partial charge in [0.05, 0.1) is 6.54 Å². The Morgan fingerprint density at radius 3 is 3.00 bits per heavy atom. The summed E-state index contributed by atoms with van der Waals surface area (Å²) >= 11 is 0. The molecule has 0 atom stereocenters. The molecule has 2 N–H and O–H groups in total. The first kappa shape index (κ1) is 12.6. The monoisotopic (exact) mass is 245 g/mol. The quantitative estimate of drug-likeness (QED) is 0.844. The number of hydrogen-bond donors (Lipinski definition) is 1. The third kappa shape index (κ3) is 3.34. The van der Waals surface area contributed by atoms with E-state index in [4.69, 9.17) is 10.5 Å². The van der Waals surface area contributed by atoms with E-state index >= 15 is 0 Å². The molecule has 0 fully saturated rings. The maximum Gasteiger partial charge on any atom is 0.119 e. The number of ether oxygens (including phenoxy) is 1. The van der Waals surface area contributed by atoms with Crippen molar-refractivity contribution >= 4 is 0 Å². The molecule has 0 saturated heterocycles. The van der Waals surface area contributed by atoms with Gasteiger partial charge in [-0.3, -0.25) is 0 Å². The number of imidazole rings is 1. The largest absolute Gasteiger partial charge is 0.492 e. The van der Waals surface area contributed by atoms with E-state index < -0.39 is 0 Å². The van der Waals surface area contributed by atoms with Crippen LogP contribution in [-0.4, -0.2) is 22.7 Å². The highest BCUT2D eigenvalue weighted by Gasteiger charge is 1.99. The van der Waals surface area contributed by atoms with Gasteiger partial charge in [-0.05, 0) is 37.6 Å². The summed E-state index contributed by atoms with van der Waals surface area (Å²) in [5, 5.41) is 0. The molecule has 2 rings (SSSR count). The zero-order valence-electron chi connectivity index (χ0n) is 10.7. The number of nitrogens with zero attached hydrogens (tertiary/aromatic N) is 2. The Morgan fingerprint density at radius 2 is 2.28 bits per heavy atom. The first-order chi connectivity index (χ1) is 8.79. The van der Waals surface area contributed by atoms with E-state index in [1.54, 1.807) is 6.20 Å². The number of aryl methyl sites for hydroxylation is 1. The summed E-state index contributed by atoms with van der Waals surface area (Å²) in [7, 11) is 0. The molecule has 2 aromatic rings. The number of nitrogens with two attached hydrogens (primary N) is 1. The predicted molar refractivity (Wildman–Crippen MR) is 71.7 cm³/mol. The van der Waals surface area contributed by atoms with Gasteiger partial charge in [0.2, 0.25) is 0 Å². The Bertz CT molecular complexity index is 493. The third-order valence-corrected chi connectivity index (χ3v) is 2.86. The molecule has 18 heavy (non-hydrogen) atoms. The average Bonchev–Trinajstić information content (AvgIpc) is 2.76. The second-order valence-corrected chi connectivity index (χ2v) is 4.20. The third-order valence-electron chi connectivity index (χ3n) is 2.86. The van der Waals surface area contributed by atoms with Crippen LogP contribution in [0.15, 0.2) is 36.7 Å². The molecule has 4 heteroatoms. The van der Waals surface area contributed by atoms with Gasteiger partial charge >= 0.3 is 0 Å². The molecular weight excluding hydrogens is 226 g/mol. The summed E-state index contributed by atoms with van der Waals surface area (Å²) in [6.45, 7) is 4.11. The lowest BCUT2D eigenvalue weighted by Crippen LogP contribution is -2.09. The van der Waals surface area contributed by atoms with Crippen molar-refractivity contribution in [2.24, 2.45) is 5.73 Å². The van der Waals surface area contributed by atoms with Crippen molar-refractivity contribution in [2.45, 2.75) is 19.9 Å². The lowest BCUT2D eigenvalue weighted by atomic mass is 10.1. The molecule has 0 unspecified atom stereocenters. The molecule has 0 amide bonds. The Morgan fingerprint density at radius 1 is 1.39 bits per heavy atom. The lowest BCUT2D eigenvalue weighted by Gasteiger charge is -2.09. The summed E-state index contributed by atoms with van der Waals surface area (Å²) in [5.74, 6) is 1.91. The summed E-state index contributed by atoms with van der Waals surface area (Å²) in [5.41, 5.74) is 6.76. The van der Waals surface area contributed by atoms with Crippen molar-refractivity contribution in [1.82, 2.24) is 9.55 Å². The summed E-state index contributed by atoms with van der Waals surface area (Å²) < 4.78 is 7.81. The summed E-state index contributed by atoms with van der Waals surface area (Å²) in [6, 6.07) is 8.09. The van der Waals surface area contributed by atoms with E-state index in [0.29, 0.717) is 13.2 Å². The van der Waals surface area contributed by atoms with Crippen molar-refractivity contribution in [2.75, 3.05) is 13.2 Å². The smallest absolute Gasteiger partial charge is 0.119 e. The fraction of sp³-hybridized carbons (Fsp3) is 0.357. The first-order valence-corrected chi connectivity index (χ1v) is 6.19. The van der Waals surface area contributed by atoms with Crippen LogP contribution in [-0.2, 0) is 13.0 Å². The van der Waals surface area contributed by atoms with Crippen molar-refractivity contribution in [3.8, 4) is 5.75 Å². The van der Waals surface area contributed by atoms with Crippen LogP contribution < -0.4 is 10.5 Å². The Balaban J connectivity index is 1.86. The predicted octanol–water partition coefficient (Wildman–Crippen LogP) is 1.77. The van der Waals surface area contributed by atoms with E-state index in [1.807, 2.05) is 31.3 Å². The number of benzene rings is 1. The molecule has 0 aliphatic rings. The Hall–Kier alpha value is -1.81. The Labute approximate surface area is 107 Å². The SMILES string of the molecule is Cc1nccn1CCOc1cccc(CCN)c1. The molecular formula is C14H19N3O. The molecule has 0 saturated carbocycles. The minimum atomic E-state index is 0.642. The standard InChI is InChI=1S/C14H19N3O/c1-12-16-7-8-17(12)9-10-18-14-4-2-3-13(11-14)5-6-15/h2-4,7-8,11H,5-6,9-10,15H2,1H3. The number of hydrogen-bond acceptors (Lipinski definition) is 3. The van der Waals surface area contributed by atoms with Gasteiger partial charge in [-0.15, -0.1) is 0 Å². The first-order valence-electron chi connectivity index (χ1n) is 6.19. The minimum Gasteiger partial charge on any atom is -0.492 e. The summed E-state index contributed by atoms with van der Waals surface area (Å²) in [6.07, 6.45) is 4.65. The van der Waals surface area contributed by atoms with Crippen LogP contribution in [0, 0.1) is 6.92 Å². The lowest BCUT2D eigenvalue weighted by molar-refractivity contribution is 0.297. The van der Waals surface area contributed by atoms with E-state index in [-0.39, 0.29) is 0 Å². The van der Waals surface area contributed by atoms with Gasteiger partial charge in [0.15, 0.2) is 0 Å². The van der Waals surface area contributed by atoms with E-state index in [0.717, 1.165) is 24.5 Å². The van der Waals surface area contributed by atoms with Crippen LogP contribution >= 0.6 is 0 Å². The average molecular weight is 245 g/mol. The molecule has 96 valence electrons. The van der Waals surface area contributed by atoms with Crippen LogP contribution in [0.1, 0.15) is 11.4 Å². The molecule has 1 heterocycles. The Kier molecular flexibility index (Phi) is 4.36. The van der Waals surface area contributed by atoms with Crippen molar-refractivity contribution in [3.05, 3.63) is 48.0 Å². The van der Waals surface area contributed by atoms with Crippen LogP contribution in [0.25, 0.3) is 0 Å². The highest BCUT2D eigenvalue weighted by atomic mass is 16.5. The van der Waals surface area contributed by atoms with E-state index in [9.17, 15) is 0 Å². The fourth-order valence-corrected chi connectivity index (χ4v) is 1.86. The molecule has 1 aromatic carbocycles. The highest BCUT2D eigenvalue weighted by Crippen LogP contribution is 2.13. The van der Waals surface area contributed by atoms with E-state index in [2.05, 4.69) is 15.6 Å². The zero-order valence-corrected chi connectivity index (χ0v) is 10.7.